The summed E-state index contributed by atoms with van der Waals surface area (Å²) in [6.45, 7) is 0.189. The second kappa shape index (κ2) is 4.95. The van der Waals surface area contributed by atoms with E-state index >= 15 is 0 Å². The fraction of sp³-hybridized carbons (Fsp3) is 0.0625. The van der Waals surface area contributed by atoms with Crippen molar-refractivity contribution in [3.63, 3.8) is 0 Å². The molecule has 0 bridgehead atoms. The Balaban J connectivity index is 2.01. The average Bonchev–Trinajstić information content (AvgIpc) is 3.01. The van der Waals surface area contributed by atoms with E-state index in [0.29, 0.717) is 22.7 Å². The molecule has 4 rings (SSSR count). The molecular formula is C16H10N4O2. The van der Waals surface area contributed by atoms with Gasteiger partial charge in [0.15, 0.2) is 11.5 Å². The molecule has 0 N–H and O–H groups in total. The lowest BCUT2D eigenvalue weighted by molar-refractivity contribution is 0.174. The first-order valence-electron chi connectivity index (χ1n) is 6.70. The van der Waals surface area contributed by atoms with Crippen molar-refractivity contribution in [2.24, 2.45) is 5.11 Å². The van der Waals surface area contributed by atoms with Crippen molar-refractivity contribution in [3.05, 3.63) is 59.0 Å². The number of azide groups is 1. The summed E-state index contributed by atoms with van der Waals surface area (Å²) in [4.78, 5) is 7.56. The van der Waals surface area contributed by atoms with Crippen LogP contribution in [-0.2, 0) is 0 Å². The molecule has 6 heteroatoms. The van der Waals surface area contributed by atoms with Crippen molar-refractivity contribution in [2.75, 3.05) is 6.79 Å². The van der Waals surface area contributed by atoms with Crippen LogP contribution in [0.4, 0.5) is 5.69 Å². The fourth-order valence-electron chi connectivity index (χ4n) is 2.49. The first-order valence-corrected chi connectivity index (χ1v) is 6.70. The molecule has 0 saturated carbocycles. The summed E-state index contributed by atoms with van der Waals surface area (Å²) in [5.41, 5.74) is 11.7. The highest BCUT2D eigenvalue weighted by Crippen LogP contribution is 2.40. The van der Waals surface area contributed by atoms with E-state index in [1.807, 2.05) is 30.3 Å². The van der Waals surface area contributed by atoms with Gasteiger partial charge in [-0.1, -0.05) is 35.4 Å². The van der Waals surface area contributed by atoms with Gasteiger partial charge in [0, 0.05) is 27.6 Å². The maximum Gasteiger partial charge on any atom is 0.231 e. The van der Waals surface area contributed by atoms with Gasteiger partial charge in [0.25, 0.3) is 0 Å². The molecule has 0 radical (unpaired) electrons. The highest BCUT2D eigenvalue weighted by atomic mass is 16.7. The highest BCUT2D eigenvalue weighted by Gasteiger charge is 2.17. The second-order valence-electron chi connectivity index (χ2n) is 4.80. The molecule has 0 unspecified atom stereocenters. The van der Waals surface area contributed by atoms with Crippen LogP contribution in [0.15, 0.2) is 53.6 Å². The molecule has 1 aliphatic rings. The molecule has 2 aromatic carbocycles. The summed E-state index contributed by atoms with van der Waals surface area (Å²) < 4.78 is 10.8. The number of fused-ring (bicyclic) bond motifs is 2. The van der Waals surface area contributed by atoms with E-state index in [1.54, 1.807) is 18.2 Å². The van der Waals surface area contributed by atoms with Gasteiger partial charge < -0.3 is 9.47 Å². The van der Waals surface area contributed by atoms with Gasteiger partial charge in [-0.25, -0.2) is 4.98 Å². The number of hydrogen-bond acceptors (Lipinski definition) is 4. The SMILES string of the molecule is [N-]=[N+]=Nc1cc(-c2ccccc2)nc2cc3c(cc12)OCO3. The van der Waals surface area contributed by atoms with Crippen molar-refractivity contribution in [2.45, 2.75) is 0 Å². The molecule has 6 nitrogen and oxygen atoms in total. The summed E-state index contributed by atoms with van der Waals surface area (Å²) in [5, 5.41) is 4.53. The van der Waals surface area contributed by atoms with E-state index < -0.39 is 0 Å². The van der Waals surface area contributed by atoms with Crippen molar-refractivity contribution in [3.8, 4) is 22.8 Å². The van der Waals surface area contributed by atoms with Gasteiger partial charge in [0.1, 0.15) is 0 Å². The van der Waals surface area contributed by atoms with Crippen LogP contribution < -0.4 is 9.47 Å². The maximum absolute atomic E-state index is 8.82. The Morgan fingerprint density at radius 2 is 1.82 bits per heavy atom. The smallest absolute Gasteiger partial charge is 0.231 e. The van der Waals surface area contributed by atoms with Crippen LogP contribution in [-0.4, -0.2) is 11.8 Å². The molecule has 1 aromatic heterocycles. The summed E-state index contributed by atoms with van der Waals surface area (Å²) in [6.07, 6.45) is 0. The number of aromatic nitrogens is 1. The Bertz CT molecular complexity index is 918. The van der Waals surface area contributed by atoms with E-state index in [4.69, 9.17) is 15.0 Å². The van der Waals surface area contributed by atoms with Gasteiger partial charge >= 0.3 is 0 Å². The summed E-state index contributed by atoms with van der Waals surface area (Å²) >= 11 is 0. The number of pyridine rings is 1. The predicted molar refractivity (Wildman–Crippen MR) is 82.1 cm³/mol. The van der Waals surface area contributed by atoms with Gasteiger partial charge in [-0.05, 0) is 17.7 Å². The van der Waals surface area contributed by atoms with Gasteiger partial charge in [-0.15, -0.1) is 0 Å². The number of nitrogens with zero attached hydrogens (tertiary/aromatic N) is 4. The minimum Gasteiger partial charge on any atom is -0.454 e. The standard InChI is InChI=1S/C16H10N4O2/c17-20-19-14-7-12(10-4-2-1-3-5-10)18-13-8-16-15(6-11(13)14)21-9-22-16/h1-8H,9H2. The third-order valence-corrected chi connectivity index (χ3v) is 3.50. The Kier molecular flexibility index (Phi) is 2.81. The Morgan fingerprint density at radius 3 is 2.59 bits per heavy atom. The van der Waals surface area contributed by atoms with Crippen molar-refractivity contribution in [1.29, 1.82) is 0 Å². The molecule has 0 aliphatic carbocycles. The van der Waals surface area contributed by atoms with Crippen LogP contribution in [0, 0.1) is 0 Å². The molecule has 0 saturated heterocycles. The van der Waals surface area contributed by atoms with E-state index in [1.165, 1.54) is 0 Å². The molecule has 0 spiro atoms. The van der Waals surface area contributed by atoms with Crippen molar-refractivity contribution < 1.29 is 9.47 Å². The molecule has 3 aromatic rings. The Labute approximate surface area is 125 Å². The van der Waals surface area contributed by atoms with E-state index in [0.717, 1.165) is 16.6 Å². The molecule has 22 heavy (non-hydrogen) atoms. The predicted octanol–water partition coefficient (Wildman–Crippen LogP) is 4.57. The zero-order chi connectivity index (χ0) is 14.9. The Morgan fingerprint density at radius 1 is 1.05 bits per heavy atom. The lowest BCUT2D eigenvalue weighted by Crippen LogP contribution is -1.92. The third kappa shape index (κ3) is 1.99. The first kappa shape index (κ1) is 12.5. The van der Waals surface area contributed by atoms with Gasteiger partial charge in [0.2, 0.25) is 6.79 Å². The summed E-state index contributed by atoms with van der Waals surface area (Å²) in [7, 11) is 0. The molecule has 0 amide bonds. The van der Waals surface area contributed by atoms with Crippen LogP contribution >= 0.6 is 0 Å². The normalized spacial score (nSPS) is 12.2. The molecule has 1 aliphatic heterocycles. The number of rotatable bonds is 2. The largest absolute Gasteiger partial charge is 0.454 e. The van der Waals surface area contributed by atoms with Crippen molar-refractivity contribution in [1.82, 2.24) is 4.98 Å². The zero-order valence-electron chi connectivity index (χ0n) is 11.4. The summed E-state index contributed by atoms with van der Waals surface area (Å²) in [6, 6.07) is 15.1. The van der Waals surface area contributed by atoms with Gasteiger partial charge in [-0.2, -0.15) is 0 Å². The molecule has 2 heterocycles. The topological polar surface area (TPSA) is 80.1 Å². The van der Waals surface area contributed by atoms with Crippen LogP contribution in [0.3, 0.4) is 0 Å². The summed E-state index contributed by atoms with van der Waals surface area (Å²) in [5.74, 6) is 1.29. The number of ether oxygens (including phenoxy) is 2. The maximum atomic E-state index is 8.82. The van der Waals surface area contributed by atoms with Crippen LogP contribution in [0.25, 0.3) is 32.6 Å². The lowest BCUT2D eigenvalue weighted by atomic mass is 10.1. The minimum atomic E-state index is 0.189. The van der Waals surface area contributed by atoms with Gasteiger partial charge in [0.05, 0.1) is 11.2 Å². The van der Waals surface area contributed by atoms with E-state index in [-0.39, 0.29) is 6.79 Å². The fourth-order valence-corrected chi connectivity index (χ4v) is 2.49. The first-order chi connectivity index (χ1) is 10.8. The third-order valence-electron chi connectivity index (χ3n) is 3.50. The molecule has 106 valence electrons. The molecular weight excluding hydrogens is 280 g/mol. The molecule has 0 atom stereocenters. The number of hydrogen-bond donors (Lipinski definition) is 0. The van der Waals surface area contributed by atoms with E-state index in [2.05, 4.69) is 15.0 Å². The second-order valence-corrected chi connectivity index (χ2v) is 4.80. The van der Waals surface area contributed by atoms with E-state index in [9.17, 15) is 0 Å². The number of benzene rings is 2. The zero-order valence-corrected chi connectivity index (χ0v) is 11.4. The monoisotopic (exact) mass is 290 g/mol. The average molecular weight is 290 g/mol. The minimum absolute atomic E-state index is 0.189. The highest BCUT2D eigenvalue weighted by molar-refractivity contribution is 5.94. The van der Waals surface area contributed by atoms with Crippen LogP contribution in [0.1, 0.15) is 0 Å². The van der Waals surface area contributed by atoms with Crippen molar-refractivity contribution >= 4 is 16.6 Å². The molecule has 0 fully saturated rings. The van der Waals surface area contributed by atoms with Gasteiger partial charge in [-0.3, -0.25) is 0 Å². The van der Waals surface area contributed by atoms with Crippen LogP contribution in [0.5, 0.6) is 11.5 Å². The van der Waals surface area contributed by atoms with Crippen LogP contribution in [0.2, 0.25) is 0 Å². The lowest BCUT2D eigenvalue weighted by Gasteiger charge is -2.07. The Hall–Kier alpha value is -3.24. The quantitative estimate of drug-likeness (QED) is 0.394.